The highest BCUT2D eigenvalue weighted by Crippen LogP contribution is 2.23. The molecule has 1 aliphatic rings. The number of aryl methyl sites for hydroxylation is 1. The quantitative estimate of drug-likeness (QED) is 0.860. The van der Waals surface area contributed by atoms with Gasteiger partial charge < -0.3 is 15.4 Å². The zero-order chi connectivity index (χ0) is 14.5. The zero-order valence-electron chi connectivity index (χ0n) is 12.4. The summed E-state index contributed by atoms with van der Waals surface area (Å²) in [4.78, 5) is 14.0. The molecule has 2 N–H and O–H groups in total. The average Bonchev–Trinajstić information content (AvgIpc) is 2.46. The standard InChI is InChI=1S/C16H24N2O2/c1-12-10-13(17)8-9-15(12)20-11-16(19)18(2)14-6-4-3-5-7-14/h8-10,14H,3-7,11,17H2,1-2H3. The fourth-order valence-corrected chi connectivity index (χ4v) is 2.75. The number of rotatable bonds is 4. The van der Waals surface area contributed by atoms with Gasteiger partial charge in [-0.2, -0.15) is 0 Å². The predicted molar refractivity (Wildman–Crippen MR) is 80.7 cm³/mol. The van der Waals surface area contributed by atoms with Crippen molar-refractivity contribution in [1.29, 1.82) is 0 Å². The molecule has 0 radical (unpaired) electrons. The number of hydrogen-bond acceptors (Lipinski definition) is 3. The van der Waals surface area contributed by atoms with Crippen LogP contribution in [0.1, 0.15) is 37.7 Å². The summed E-state index contributed by atoms with van der Waals surface area (Å²) in [5, 5.41) is 0. The van der Waals surface area contributed by atoms with Crippen LogP contribution in [0, 0.1) is 6.92 Å². The van der Waals surface area contributed by atoms with Crippen LogP contribution in [0.4, 0.5) is 5.69 Å². The van der Waals surface area contributed by atoms with Gasteiger partial charge in [-0.3, -0.25) is 4.79 Å². The number of nitrogens with two attached hydrogens (primary N) is 1. The number of benzene rings is 1. The Morgan fingerprint density at radius 1 is 1.35 bits per heavy atom. The van der Waals surface area contributed by atoms with Crippen LogP contribution < -0.4 is 10.5 Å². The largest absolute Gasteiger partial charge is 0.483 e. The molecular weight excluding hydrogens is 252 g/mol. The minimum absolute atomic E-state index is 0.0492. The number of nitrogens with zero attached hydrogens (tertiary/aromatic N) is 1. The van der Waals surface area contributed by atoms with Gasteiger partial charge in [0.2, 0.25) is 0 Å². The van der Waals surface area contributed by atoms with E-state index in [0.717, 1.165) is 24.2 Å². The highest BCUT2D eigenvalue weighted by atomic mass is 16.5. The Balaban J connectivity index is 1.87. The monoisotopic (exact) mass is 276 g/mol. The van der Waals surface area contributed by atoms with E-state index in [4.69, 9.17) is 10.5 Å². The maximum atomic E-state index is 12.2. The third kappa shape index (κ3) is 3.65. The fourth-order valence-electron chi connectivity index (χ4n) is 2.75. The molecule has 1 fully saturated rings. The number of nitrogen functional groups attached to an aromatic ring is 1. The first-order valence-corrected chi connectivity index (χ1v) is 7.32. The molecule has 1 aliphatic carbocycles. The van der Waals surface area contributed by atoms with Gasteiger partial charge in [0.05, 0.1) is 0 Å². The number of ether oxygens (including phenoxy) is 1. The molecule has 110 valence electrons. The van der Waals surface area contributed by atoms with Crippen molar-refractivity contribution < 1.29 is 9.53 Å². The third-order valence-electron chi connectivity index (χ3n) is 4.07. The van der Waals surface area contributed by atoms with Crippen molar-refractivity contribution >= 4 is 11.6 Å². The van der Waals surface area contributed by atoms with E-state index in [1.165, 1.54) is 19.3 Å². The lowest BCUT2D eigenvalue weighted by Crippen LogP contribution is -2.40. The molecule has 1 amide bonds. The Labute approximate surface area is 120 Å². The molecule has 0 spiro atoms. The molecule has 0 saturated heterocycles. The summed E-state index contributed by atoms with van der Waals surface area (Å²) in [7, 11) is 1.89. The molecule has 0 heterocycles. The molecule has 0 unspecified atom stereocenters. The van der Waals surface area contributed by atoms with Gasteiger partial charge in [0.15, 0.2) is 6.61 Å². The second-order valence-electron chi connectivity index (χ2n) is 5.61. The van der Waals surface area contributed by atoms with Crippen LogP contribution in [0.2, 0.25) is 0 Å². The first-order valence-electron chi connectivity index (χ1n) is 7.32. The molecular formula is C16H24N2O2. The van der Waals surface area contributed by atoms with Crippen molar-refractivity contribution in [1.82, 2.24) is 4.90 Å². The van der Waals surface area contributed by atoms with Gasteiger partial charge in [-0.1, -0.05) is 19.3 Å². The summed E-state index contributed by atoms with van der Waals surface area (Å²) in [5.41, 5.74) is 7.36. The molecule has 1 aromatic carbocycles. The van der Waals surface area contributed by atoms with Crippen LogP contribution in [0.5, 0.6) is 5.75 Å². The van der Waals surface area contributed by atoms with Crippen molar-refractivity contribution in [3.05, 3.63) is 23.8 Å². The number of likely N-dealkylation sites (N-methyl/N-ethyl adjacent to an activating group) is 1. The summed E-state index contributed by atoms with van der Waals surface area (Å²) < 4.78 is 5.62. The first kappa shape index (κ1) is 14.7. The average molecular weight is 276 g/mol. The predicted octanol–water partition coefficient (Wildman–Crippen LogP) is 2.75. The minimum atomic E-state index is 0.0492. The van der Waals surface area contributed by atoms with E-state index in [1.54, 1.807) is 6.07 Å². The summed E-state index contributed by atoms with van der Waals surface area (Å²) in [6.45, 7) is 2.03. The lowest BCUT2D eigenvalue weighted by atomic mass is 9.94. The van der Waals surface area contributed by atoms with E-state index in [-0.39, 0.29) is 12.5 Å². The Hall–Kier alpha value is -1.71. The lowest BCUT2D eigenvalue weighted by Gasteiger charge is -2.31. The Bertz CT molecular complexity index is 468. The van der Waals surface area contributed by atoms with Gasteiger partial charge in [-0.25, -0.2) is 0 Å². The van der Waals surface area contributed by atoms with Crippen LogP contribution in [-0.4, -0.2) is 30.5 Å². The minimum Gasteiger partial charge on any atom is -0.483 e. The number of hydrogen-bond donors (Lipinski definition) is 1. The van der Waals surface area contributed by atoms with Crippen LogP contribution in [0.15, 0.2) is 18.2 Å². The SMILES string of the molecule is Cc1cc(N)ccc1OCC(=O)N(C)C1CCCCC1. The van der Waals surface area contributed by atoms with Crippen molar-refractivity contribution in [3.63, 3.8) is 0 Å². The Morgan fingerprint density at radius 2 is 2.05 bits per heavy atom. The number of amides is 1. The maximum absolute atomic E-state index is 12.2. The smallest absolute Gasteiger partial charge is 0.260 e. The van der Waals surface area contributed by atoms with Crippen molar-refractivity contribution in [2.45, 2.75) is 45.1 Å². The normalized spacial score (nSPS) is 15.9. The molecule has 4 heteroatoms. The number of anilines is 1. The van der Waals surface area contributed by atoms with Crippen molar-refractivity contribution in [2.24, 2.45) is 0 Å². The first-order chi connectivity index (χ1) is 9.58. The molecule has 4 nitrogen and oxygen atoms in total. The van der Waals surface area contributed by atoms with Gasteiger partial charge in [-0.05, 0) is 43.5 Å². The molecule has 2 rings (SSSR count). The molecule has 0 aromatic heterocycles. The highest BCUT2D eigenvalue weighted by molar-refractivity contribution is 5.77. The zero-order valence-corrected chi connectivity index (χ0v) is 12.4. The summed E-state index contributed by atoms with van der Waals surface area (Å²) in [6, 6.07) is 5.84. The second-order valence-corrected chi connectivity index (χ2v) is 5.61. The highest BCUT2D eigenvalue weighted by Gasteiger charge is 2.22. The van der Waals surface area contributed by atoms with E-state index in [1.807, 2.05) is 31.0 Å². The summed E-state index contributed by atoms with van der Waals surface area (Å²) in [6.07, 6.45) is 5.96. The van der Waals surface area contributed by atoms with E-state index >= 15 is 0 Å². The van der Waals surface area contributed by atoms with Crippen molar-refractivity contribution in [2.75, 3.05) is 19.4 Å². The summed E-state index contributed by atoms with van der Waals surface area (Å²) in [5.74, 6) is 0.776. The van der Waals surface area contributed by atoms with E-state index in [2.05, 4.69) is 0 Å². The molecule has 1 saturated carbocycles. The van der Waals surface area contributed by atoms with Gasteiger partial charge in [0.25, 0.3) is 5.91 Å². The van der Waals surface area contributed by atoms with Crippen LogP contribution in [-0.2, 0) is 4.79 Å². The van der Waals surface area contributed by atoms with E-state index in [0.29, 0.717) is 11.7 Å². The van der Waals surface area contributed by atoms with Gasteiger partial charge in [0.1, 0.15) is 5.75 Å². The fraction of sp³-hybridized carbons (Fsp3) is 0.562. The molecule has 1 aromatic rings. The Morgan fingerprint density at radius 3 is 2.70 bits per heavy atom. The van der Waals surface area contributed by atoms with Crippen LogP contribution in [0.3, 0.4) is 0 Å². The molecule has 0 atom stereocenters. The Kier molecular flexibility index (Phi) is 4.88. The molecule has 0 bridgehead atoms. The third-order valence-corrected chi connectivity index (χ3v) is 4.07. The van der Waals surface area contributed by atoms with E-state index in [9.17, 15) is 4.79 Å². The number of carbonyl (C=O) groups excluding carboxylic acids is 1. The molecule has 0 aliphatic heterocycles. The lowest BCUT2D eigenvalue weighted by molar-refractivity contribution is -0.134. The van der Waals surface area contributed by atoms with Crippen molar-refractivity contribution in [3.8, 4) is 5.75 Å². The van der Waals surface area contributed by atoms with E-state index < -0.39 is 0 Å². The summed E-state index contributed by atoms with van der Waals surface area (Å²) >= 11 is 0. The van der Waals surface area contributed by atoms with Crippen LogP contribution >= 0.6 is 0 Å². The van der Waals surface area contributed by atoms with Crippen LogP contribution in [0.25, 0.3) is 0 Å². The van der Waals surface area contributed by atoms with Gasteiger partial charge in [-0.15, -0.1) is 0 Å². The van der Waals surface area contributed by atoms with Gasteiger partial charge >= 0.3 is 0 Å². The molecule has 20 heavy (non-hydrogen) atoms. The second kappa shape index (κ2) is 6.64. The van der Waals surface area contributed by atoms with Gasteiger partial charge in [0, 0.05) is 18.8 Å². The topological polar surface area (TPSA) is 55.6 Å². The maximum Gasteiger partial charge on any atom is 0.260 e. The number of carbonyl (C=O) groups is 1.